The number of hydrogen-bond donors (Lipinski definition) is 1. The molecule has 104 valence electrons. The second-order valence-electron chi connectivity index (χ2n) is 5.31. The van der Waals surface area contributed by atoms with Gasteiger partial charge in [0.2, 0.25) is 0 Å². The fraction of sp³-hybridized carbons (Fsp3) is 0.600. The molecular formula is C15H20FNO2. The van der Waals surface area contributed by atoms with Crippen LogP contribution < -0.4 is 10.1 Å². The molecule has 1 aromatic rings. The second-order valence-corrected chi connectivity index (χ2v) is 5.31. The zero-order chi connectivity index (χ0) is 13.2. The number of nitrogens with one attached hydrogen (secondary N) is 1. The van der Waals surface area contributed by atoms with Gasteiger partial charge in [-0.05, 0) is 19.0 Å². The normalized spacial score (nSPS) is 29.9. The lowest BCUT2D eigenvalue weighted by atomic mass is 9.89. The Morgan fingerprint density at radius 2 is 2.32 bits per heavy atom. The van der Waals surface area contributed by atoms with Crippen molar-refractivity contribution in [3.05, 3.63) is 29.6 Å². The molecule has 0 amide bonds. The third-order valence-corrected chi connectivity index (χ3v) is 4.04. The van der Waals surface area contributed by atoms with E-state index in [9.17, 15) is 4.39 Å². The molecule has 1 N–H and O–H groups in total. The van der Waals surface area contributed by atoms with Gasteiger partial charge >= 0.3 is 0 Å². The Kier molecular flexibility index (Phi) is 3.71. The van der Waals surface area contributed by atoms with E-state index in [4.69, 9.17) is 9.47 Å². The first-order valence-electron chi connectivity index (χ1n) is 7.05. The Morgan fingerprint density at radius 1 is 1.42 bits per heavy atom. The molecule has 3 nitrogen and oxygen atoms in total. The highest BCUT2D eigenvalue weighted by atomic mass is 19.1. The van der Waals surface area contributed by atoms with Crippen LogP contribution in [0.2, 0.25) is 0 Å². The summed E-state index contributed by atoms with van der Waals surface area (Å²) in [6, 6.07) is 5.09. The van der Waals surface area contributed by atoms with Crippen molar-refractivity contribution in [2.24, 2.45) is 5.92 Å². The summed E-state index contributed by atoms with van der Waals surface area (Å²) >= 11 is 0. The highest BCUT2D eigenvalue weighted by Gasteiger charge is 2.35. The summed E-state index contributed by atoms with van der Waals surface area (Å²) in [4.78, 5) is 0. The summed E-state index contributed by atoms with van der Waals surface area (Å²) in [6.45, 7) is 4.56. The molecule has 0 radical (unpaired) electrons. The van der Waals surface area contributed by atoms with E-state index in [0.29, 0.717) is 11.7 Å². The van der Waals surface area contributed by atoms with Crippen molar-refractivity contribution in [1.29, 1.82) is 0 Å². The predicted octanol–water partition coefficient (Wildman–Crippen LogP) is 2.66. The van der Waals surface area contributed by atoms with Gasteiger partial charge in [-0.15, -0.1) is 0 Å². The van der Waals surface area contributed by atoms with Crippen molar-refractivity contribution in [3.8, 4) is 5.75 Å². The monoisotopic (exact) mass is 265 g/mol. The average Bonchev–Trinajstić information content (AvgIpc) is 2.92. The number of fused-ring (bicyclic) bond motifs is 1. The van der Waals surface area contributed by atoms with Gasteiger partial charge in [0.15, 0.2) is 0 Å². The summed E-state index contributed by atoms with van der Waals surface area (Å²) in [5, 5.41) is 3.47. The maximum atomic E-state index is 13.4. The average molecular weight is 265 g/mol. The molecule has 3 rings (SSSR count). The van der Waals surface area contributed by atoms with Crippen LogP contribution in [0.3, 0.4) is 0 Å². The minimum atomic E-state index is -0.239. The summed E-state index contributed by atoms with van der Waals surface area (Å²) < 4.78 is 24.8. The molecule has 19 heavy (non-hydrogen) atoms. The van der Waals surface area contributed by atoms with Gasteiger partial charge in [0.1, 0.15) is 17.7 Å². The van der Waals surface area contributed by atoms with Crippen molar-refractivity contribution < 1.29 is 13.9 Å². The van der Waals surface area contributed by atoms with Crippen LogP contribution in [0.1, 0.15) is 31.4 Å². The van der Waals surface area contributed by atoms with Gasteiger partial charge in [0, 0.05) is 36.6 Å². The lowest BCUT2D eigenvalue weighted by molar-refractivity contribution is 0.0801. The molecule has 1 aromatic carbocycles. The maximum Gasteiger partial charge on any atom is 0.127 e. The Morgan fingerprint density at radius 3 is 3.05 bits per heavy atom. The van der Waals surface area contributed by atoms with Crippen molar-refractivity contribution in [2.75, 3.05) is 19.8 Å². The minimum absolute atomic E-state index is 0.126. The molecule has 2 aliphatic heterocycles. The summed E-state index contributed by atoms with van der Waals surface area (Å²) in [5.41, 5.74) is 1.07. The fourth-order valence-corrected chi connectivity index (χ4v) is 3.04. The molecule has 1 fully saturated rings. The lowest BCUT2D eigenvalue weighted by Crippen LogP contribution is -2.37. The number of halogens is 1. The molecule has 0 bridgehead atoms. The Bertz CT molecular complexity index is 446. The maximum absolute atomic E-state index is 13.4. The third kappa shape index (κ3) is 2.60. The predicted molar refractivity (Wildman–Crippen MR) is 70.8 cm³/mol. The molecule has 0 saturated carbocycles. The molecular weight excluding hydrogens is 245 g/mol. The first-order valence-corrected chi connectivity index (χ1v) is 7.05. The molecule has 0 aromatic heterocycles. The number of rotatable bonds is 3. The minimum Gasteiger partial charge on any atom is -0.490 e. The van der Waals surface area contributed by atoms with E-state index >= 15 is 0 Å². The van der Waals surface area contributed by atoms with Crippen LogP contribution in [0.4, 0.5) is 4.39 Å². The van der Waals surface area contributed by atoms with Crippen LogP contribution in [0.5, 0.6) is 5.75 Å². The molecule has 0 spiro atoms. The first kappa shape index (κ1) is 12.9. The topological polar surface area (TPSA) is 30.5 Å². The van der Waals surface area contributed by atoms with Crippen LogP contribution >= 0.6 is 0 Å². The van der Waals surface area contributed by atoms with Crippen LogP contribution in [-0.4, -0.2) is 25.9 Å². The van der Waals surface area contributed by atoms with Crippen molar-refractivity contribution >= 4 is 0 Å². The van der Waals surface area contributed by atoms with E-state index in [-0.39, 0.29) is 18.0 Å². The molecule has 2 aliphatic rings. The van der Waals surface area contributed by atoms with Gasteiger partial charge in [0.25, 0.3) is 0 Å². The van der Waals surface area contributed by atoms with Gasteiger partial charge in [-0.2, -0.15) is 0 Å². The zero-order valence-electron chi connectivity index (χ0n) is 11.2. The van der Waals surface area contributed by atoms with E-state index in [1.54, 1.807) is 0 Å². The Labute approximate surface area is 113 Å². The fourth-order valence-electron chi connectivity index (χ4n) is 3.04. The molecule has 1 saturated heterocycles. The summed E-state index contributed by atoms with van der Waals surface area (Å²) in [6.07, 6.45) is 2.09. The smallest absolute Gasteiger partial charge is 0.127 e. The molecule has 3 atom stereocenters. The van der Waals surface area contributed by atoms with Gasteiger partial charge in [-0.1, -0.05) is 13.0 Å². The van der Waals surface area contributed by atoms with Gasteiger partial charge in [-0.3, -0.25) is 0 Å². The van der Waals surface area contributed by atoms with Crippen LogP contribution in [-0.2, 0) is 4.74 Å². The molecule has 4 heteroatoms. The SMILES string of the molecule is CCNC1CC(C2CCOC2)Oc2cc(F)ccc21. The number of hydrogen-bond acceptors (Lipinski definition) is 3. The van der Waals surface area contributed by atoms with Crippen molar-refractivity contribution in [3.63, 3.8) is 0 Å². The van der Waals surface area contributed by atoms with Gasteiger partial charge < -0.3 is 14.8 Å². The highest BCUT2D eigenvalue weighted by Crippen LogP contribution is 2.38. The summed E-state index contributed by atoms with van der Waals surface area (Å²) in [7, 11) is 0. The molecule has 2 heterocycles. The summed E-state index contributed by atoms with van der Waals surface area (Å²) in [5.74, 6) is 0.879. The number of benzene rings is 1. The Hall–Kier alpha value is -1.13. The number of ether oxygens (including phenoxy) is 2. The van der Waals surface area contributed by atoms with Crippen molar-refractivity contribution in [1.82, 2.24) is 5.32 Å². The molecule has 0 aliphatic carbocycles. The van der Waals surface area contributed by atoms with Crippen LogP contribution in [0, 0.1) is 11.7 Å². The van der Waals surface area contributed by atoms with Crippen molar-refractivity contribution in [2.45, 2.75) is 31.9 Å². The lowest BCUT2D eigenvalue weighted by Gasteiger charge is -2.35. The van der Waals surface area contributed by atoms with E-state index in [1.807, 2.05) is 6.07 Å². The zero-order valence-corrected chi connectivity index (χ0v) is 11.2. The highest BCUT2D eigenvalue weighted by molar-refractivity contribution is 5.38. The van der Waals surface area contributed by atoms with E-state index in [2.05, 4.69) is 12.2 Å². The van der Waals surface area contributed by atoms with Crippen LogP contribution in [0.25, 0.3) is 0 Å². The molecule has 3 unspecified atom stereocenters. The van der Waals surface area contributed by atoms with Crippen LogP contribution in [0.15, 0.2) is 18.2 Å². The standard InChI is InChI=1S/C15H20FNO2/c1-2-17-13-8-14(10-5-6-18-9-10)19-15-7-11(16)3-4-12(13)15/h3-4,7,10,13-14,17H,2,5-6,8-9H2,1H3. The quantitative estimate of drug-likeness (QED) is 0.911. The second kappa shape index (κ2) is 5.47. The largest absolute Gasteiger partial charge is 0.490 e. The third-order valence-electron chi connectivity index (χ3n) is 4.04. The van der Waals surface area contributed by atoms with E-state index in [0.717, 1.165) is 38.2 Å². The van der Waals surface area contributed by atoms with Gasteiger partial charge in [-0.25, -0.2) is 4.39 Å². The Balaban J connectivity index is 1.86. The van der Waals surface area contributed by atoms with E-state index < -0.39 is 0 Å². The first-order chi connectivity index (χ1) is 9.28. The van der Waals surface area contributed by atoms with Gasteiger partial charge in [0.05, 0.1) is 6.61 Å². The van der Waals surface area contributed by atoms with E-state index in [1.165, 1.54) is 12.1 Å².